The third-order valence-electron chi connectivity index (χ3n) is 1.78. The van der Waals surface area contributed by atoms with E-state index < -0.39 is 10.0 Å². The molecule has 16 heavy (non-hydrogen) atoms. The summed E-state index contributed by atoms with van der Waals surface area (Å²) in [5.41, 5.74) is 5.26. The van der Waals surface area contributed by atoms with Gasteiger partial charge in [0.25, 0.3) is 0 Å². The Kier molecular flexibility index (Phi) is 4.59. The first-order valence-corrected chi connectivity index (χ1v) is 6.10. The molecule has 1 heterocycles. The molecule has 0 saturated heterocycles. The fourth-order valence-electron chi connectivity index (χ4n) is 0.971. The average Bonchev–Trinajstić information content (AvgIpc) is 2.25. The minimum Gasteiger partial charge on any atom is -0.385 e. The summed E-state index contributed by atoms with van der Waals surface area (Å²) in [7, 11) is -1.99. The maximum atomic E-state index is 11.6. The lowest BCUT2D eigenvalue weighted by molar-refractivity contribution is 0.196. The number of methoxy groups -OCH3 is 1. The normalized spacial score (nSPS) is 11.6. The molecule has 0 aliphatic carbocycles. The van der Waals surface area contributed by atoms with Gasteiger partial charge in [0.1, 0.15) is 4.90 Å². The van der Waals surface area contributed by atoms with E-state index in [-0.39, 0.29) is 10.8 Å². The van der Waals surface area contributed by atoms with Crippen LogP contribution in [0.15, 0.2) is 17.3 Å². The third kappa shape index (κ3) is 3.72. The third-order valence-corrected chi connectivity index (χ3v) is 3.19. The topological polar surface area (TPSA) is 107 Å². The van der Waals surface area contributed by atoms with Crippen molar-refractivity contribution in [1.29, 1.82) is 0 Å². The van der Waals surface area contributed by atoms with Gasteiger partial charge in [0.15, 0.2) is 0 Å². The van der Waals surface area contributed by atoms with E-state index >= 15 is 0 Å². The Bertz CT molecular complexity index is 417. The molecule has 0 bridgehead atoms. The van der Waals surface area contributed by atoms with E-state index in [9.17, 15) is 8.42 Å². The number of nitrogens with zero attached hydrogens (tertiary/aromatic N) is 2. The lowest BCUT2D eigenvalue weighted by Crippen LogP contribution is -2.25. The van der Waals surface area contributed by atoms with Gasteiger partial charge in [-0.1, -0.05) is 0 Å². The Morgan fingerprint density at radius 2 is 2.06 bits per heavy atom. The van der Waals surface area contributed by atoms with Gasteiger partial charge >= 0.3 is 0 Å². The van der Waals surface area contributed by atoms with Crippen LogP contribution in [-0.4, -0.2) is 38.6 Å². The van der Waals surface area contributed by atoms with Crippen LogP contribution in [0, 0.1) is 0 Å². The average molecular weight is 246 g/mol. The monoisotopic (exact) mass is 246 g/mol. The molecule has 0 aliphatic rings. The molecule has 0 spiro atoms. The number of ether oxygens (including phenoxy) is 1. The van der Waals surface area contributed by atoms with E-state index in [0.29, 0.717) is 19.6 Å². The van der Waals surface area contributed by atoms with Crippen molar-refractivity contribution in [2.24, 2.45) is 0 Å². The number of nitrogens with two attached hydrogens (primary N) is 1. The first kappa shape index (κ1) is 12.8. The van der Waals surface area contributed by atoms with Gasteiger partial charge in [0.05, 0.1) is 12.4 Å². The molecular formula is C8H14N4O3S. The van der Waals surface area contributed by atoms with Gasteiger partial charge in [-0.2, -0.15) is 0 Å². The van der Waals surface area contributed by atoms with Gasteiger partial charge in [-0.05, 0) is 6.42 Å². The van der Waals surface area contributed by atoms with Gasteiger partial charge < -0.3 is 10.5 Å². The van der Waals surface area contributed by atoms with Gasteiger partial charge in [-0.3, -0.25) is 0 Å². The quantitative estimate of drug-likeness (QED) is 0.647. The smallest absolute Gasteiger partial charge is 0.243 e. The van der Waals surface area contributed by atoms with Crippen LogP contribution in [0.25, 0.3) is 0 Å². The highest BCUT2D eigenvalue weighted by Gasteiger charge is 2.13. The number of nitrogens with one attached hydrogen (secondary N) is 1. The summed E-state index contributed by atoms with van der Waals surface area (Å²) in [5.74, 6) is 0.0401. The summed E-state index contributed by atoms with van der Waals surface area (Å²) >= 11 is 0. The van der Waals surface area contributed by atoms with Crippen LogP contribution >= 0.6 is 0 Å². The molecule has 1 rings (SSSR count). The largest absolute Gasteiger partial charge is 0.385 e. The highest BCUT2D eigenvalue weighted by molar-refractivity contribution is 7.89. The molecular weight excluding hydrogens is 232 g/mol. The maximum Gasteiger partial charge on any atom is 0.243 e. The summed E-state index contributed by atoms with van der Waals surface area (Å²) < 4.78 is 30.5. The van der Waals surface area contributed by atoms with Gasteiger partial charge in [-0.15, -0.1) is 0 Å². The molecule has 1 aromatic heterocycles. The second kappa shape index (κ2) is 5.73. The molecule has 7 nitrogen and oxygen atoms in total. The number of sulfonamides is 1. The van der Waals surface area contributed by atoms with Gasteiger partial charge in [0.2, 0.25) is 16.0 Å². The minimum absolute atomic E-state index is 0.000818. The second-order valence-corrected chi connectivity index (χ2v) is 4.79. The number of nitrogen functional groups attached to an aromatic ring is 1. The summed E-state index contributed by atoms with van der Waals surface area (Å²) in [6, 6.07) is 0. The number of hydrogen-bond acceptors (Lipinski definition) is 6. The molecule has 0 fully saturated rings. The Morgan fingerprint density at radius 3 is 2.62 bits per heavy atom. The lowest BCUT2D eigenvalue weighted by Gasteiger charge is -2.05. The van der Waals surface area contributed by atoms with Crippen LogP contribution in [0.1, 0.15) is 6.42 Å². The zero-order chi connectivity index (χ0) is 12.0. The van der Waals surface area contributed by atoms with E-state index in [2.05, 4.69) is 14.7 Å². The van der Waals surface area contributed by atoms with Crippen LogP contribution in [0.5, 0.6) is 0 Å². The molecule has 0 saturated carbocycles. The Balaban J connectivity index is 2.60. The highest BCUT2D eigenvalue weighted by Crippen LogP contribution is 2.05. The standard InChI is InChI=1S/C8H14N4O3S/c1-15-4-2-3-12-16(13,14)7-5-10-8(9)11-6-7/h5-6,12H,2-4H2,1H3,(H2,9,10,11). The van der Waals surface area contributed by atoms with Crippen LogP contribution in [-0.2, 0) is 14.8 Å². The first-order valence-electron chi connectivity index (χ1n) is 4.62. The number of rotatable bonds is 6. The predicted octanol–water partition coefficient (Wildman–Crippen LogP) is -0.626. The van der Waals surface area contributed by atoms with E-state index in [1.54, 1.807) is 7.11 Å². The highest BCUT2D eigenvalue weighted by atomic mass is 32.2. The molecule has 0 aromatic carbocycles. The number of aromatic nitrogens is 2. The number of hydrogen-bond donors (Lipinski definition) is 2. The van der Waals surface area contributed by atoms with Crippen LogP contribution in [0.2, 0.25) is 0 Å². The van der Waals surface area contributed by atoms with Crippen molar-refractivity contribution in [3.63, 3.8) is 0 Å². The van der Waals surface area contributed by atoms with Crippen LogP contribution < -0.4 is 10.5 Å². The van der Waals surface area contributed by atoms with Crippen molar-refractivity contribution in [3.05, 3.63) is 12.4 Å². The molecule has 0 aliphatic heterocycles. The molecule has 1 aromatic rings. The van der Waals surface area contributed by atoms with Crippen molar-refractivity contribution >= 4 is 16.0 Å². The molecule has 0 atom stereocenters. The summed E-state index contributed by atoms with van der Waals surface area (Å²) in [6.07, 6.45) is 2.94. The predicted molar refractivity (Wildman–Crippen MR) is 58.1 cm³/mol. The first-order chi connectivity index (χ1) is 7.56. The SMILES string of the molecule is COCCCNS(=O)(=O)c1cnc(N)nc1. The second-order valence-electron chi connectivity index (χ2n) is 3.02. The molecule has 3 N–H and O–H groups in total. The zero-order valence-electron chi connectivity index (χ0n) is 8.88. The maximum absolute atomic E-state index is 11.6. The molecule has 0 unspecified atom stereocenters. The zero-order valence-corrected chi connectivity index (χ0v) is 9.70. The Labute approximate surface area is 94.1 Å². The van der Waals surface area contributed by atoms with Gasteiger partial charge in [0, 0.05) is 20.3 Å². The Morgan fingerprint density at radius 1 is 1.44 bits per heavy atom. The van der Waals surface area contributed by atoms with Crippen molar-refractivity contribution in [3.8, 4) is 0 Å². The fourth-order valence-corrected chi connectivity index (χ4v) is 1.93. The van der Waals surface area contributed by atoms with Crippen molar-refractivity contribution in [2.75, 3.05) is 26.0 Å². The van der Waals surface area contributed by atoms with Crippen molar-refractivity contribution in [1.82, 2.24) is 14.7 Å². The molecule has 8 heteroatoms. The van der Waals surface area contributed by atoms with Crippen molar-refractivity contribution < 1.29 is 13.2 Å². The fraction of sp³-hybridized carbons (Fsp3) is 0.500. The minimum atomic E-state index is -3.54. The van der Waals surface area contributed by atoms with E-state index in [1.165, 1.54) is 12.4 Å². The van der Waals surface area contributed by atoms with Crippen LogP contribution in [0.3, 0.4) is 0 Å². The van der Waals surface area contributed by atoms with E-state index in [0.717, 1.165) is 0 Å². The lowest BCUT2D eigenvalue weighted by atomic mass is 10.5. The van der Waals surface area contributed by atoms with E-state index in [4.69, 9.17) is 10.5 Å². The molecule has 0 radical (unpaired) electrons. The van der Waals surface area contributed by atoms with Crippen LogP contribution in [0.4, 0.5) is 5.95 Å². The summed E-state index contributed by atoms with van der Waals surface area (Å²) in [5, 5.41) is 0. The van der Waals surface area contributed by atoms with E-state index in [1.807, 2.05) is 0 Å². The summed E-state index contributed by atoms with van der Waals surface area (Å²) in [4.78, 5) is 7.22. The summed E-state index contributed by atoms with van der Waals surface area (Å²) in [6.45, 7) is 0.807. The molecule has 0 amide bonds. The van der Waals surface area contributed by atoms with Gasteiger partial charge in [-0.25, -0.2) is 23.1 Å². The Hall–Kier alpha value is -1.25. The molecule has 90 valence electrons. The number of anilines is 1. The van der Waals surface area contributed by atoms with Crippen molar-refractivity contribution in [2.45, 2.75) is 11.3 Å².